The number of anilines is 1. The lowest BCUT2D eigenvalue weighted by atomic mass is 10.3. The fourth-order valence-corrected chi connectivity index (χ4v) is 3.65. The summed E-state index contributed by atoms with van der Waals surface area (Å²) < 4.78 is 29.2. The molecular weight excluding hydrogens is 348 g/mol. The summed E-state index contributed by atoms with van der Waals surface area (Å²) >= 11 is 1.21. The summed E-state index contributed by atoms with van der Waals surface area (Å²) in [6.45, 7) is -0.130. The van der Waals surface area contributed by atoms with Crippen molar-refractivity contribution in [3.63, 3.8) is 0 Å². The number of nitrogens with one attached hydrogen (secondary N) is 1. The third-order valence-electron chi connectivity index (χ3n) is 3.15. The van der Waals surface area contributed by atoms with Crippen LogP contribution in [0.25, 0.3) is 10.2 Å². The molecule has 0 bridgehead atoms. The zero-order valence-corrected chi connectivity index (χ0v) is 14.4. The first kappa shape index (κ1) is 16.4. The fraction of sp³-hybridized carbons (Fsp3) is 0.125. The molecule has 0 unspecified atom stereocenters. The van der Waals surface area contributed by atoms with Gasteiger partial charge in [0.2, 0.25) is 0 Å². The van der Waals surface area contributed by atoms with E-state index in [0.29, 0.717) is 21.1 Å². The van der Waals surface area contributed by atoms with Crippen molar-refractivity contribution in [2.45, 2.75) is 4.90 Å². The molecular formula is C16H14N2O4S2. The number of hydrogen-bond donors (Lipinski definition) is 1. The van der Waals surface area contributed by atoms with Gasteiger partial charge in [0.05, 0.1) is 15.1 Å². The molecule has 0 aliphatic carbocycles. The molecule has 1 heterocycles. The van der Waals surface area contributed by atoms with Crippen molar-refractivity contribution in [3.8, 4) is 5.75 Å². The van der Waals surface area contributed by atoms with E-state index in [9.17, 15) is 13.2 Å². The van der Waals surface area contributed by atoms with Gasteiger partial charge >= 0.3 is 0 Å². The van der Waals surface area contributed by atoms with Crippen LogP contribution in [0, 0.1) is 0 Å². The normalized spacial score (nSPS) is 11.4. The summed E-state index contributed by atoms with van der Waals surface area (Å²) in [5.41, 5.74) is 0.631. The molecule has 0 radical (unpaired) electrons. The summed E-state index contributed by atoms with van der Waals surface area (Å²) in [6.07, 6.45) is 1.15. The zero-order valence-electron chi connectivity index (χ0n) is 12.7. The zero-order chi connectivity index (χ0) is 17.2. The molecule has 6 nitrogen and oxygen atoms in total. The molecule has 0 fully saturated rings. The number of para-hydroxylation sites is 1. The van der Waals surface area contributed by atoms with Gasteiger partial charge in [-0.1, -0.05) is 29.5 Å². The minimum atomic E-state index is -3.28. The standard InChI is InChI=1S/C16H14N2O4S2/c1-24(20,21)12-7-8-13-14(9-12)23-16(17-13)18-15(19)10-22-11-5-3-2-4-6-11/h2-9H,10H2,1H3,(H,17,18,19). The van der Waals surface area contributed by atoms with E-state index in [4.69, 9.17) is 4.74 Å². The van der Waals surface area contributed by atoms with Gasteiger partial charge in [0.25, 0.3) is 5.91 Å². The molecule has 0 aliphatic rings. The average molecular weight is 362 g/mol. The van der Waals surface area contributed by atoms with Crippen molar-refractivity contribution >= 4 is 42.4 Å². The first-order valence-electron chi connectivity index (χ1n) is 7.00. The molecule has 3 rings (SSSR count). The van der Waals surface area contributed by atoms with Crippen LogP contribution in [0.2, 0.25) is 0 Å². The van der Waals surface area contributed by atoms with E-state index < -0.39 is 9.84 Å². The summed E-state index contributed by atoms with van der Waals surface area (Å²) in [5.74, 6) is 0.274. The third kappa shape index (κ3) is 3.90. The fourth-order valence-electron chi connectivity index (χ4n) is 2.01. The maximum atomic E-state index is 11.9. The monoisotopic (exact) mass is 362 g/mol. The van der Waals surface area contributed by atoms with E-state index in [1.807, 2.05) is 18.2 Å². The first-order valence-corrected chi connectivity index (χ1v) is 9.71. The molecule has 1 aromatic heterocycles. The molecule has 24 heavy (non-hydrogen) atoms. The average Bonchev–Trinajstić information content (AvgIpc) is 2.94. The van der Waals surface area contributed by atoms with Crippen LogP contribution in [-0.4, -0.2) is 32.2 Å². The second-order valence-electron chi connectivity index (χ2n) is 5.07. The van der Waals surface area contributed by atoms with Crippen LogP contribution in [0.3, 0.4) is 0 Å². The number of rotatable bonds is 5. The van der Waals surface area contributed by atoms with Gasteiger partial charge in [-0.05, 0) is 30.3 Å². The van der Waals surface area contributed by atoms with Crippen LogP contribution in [0.4, 0.5) is 5.13 Å². The lowest BCUT2D eigenvalue weighted by Crippen LogP contribution is -2.19. The summed E-state index contributed by atoms with van der Waals surface area (Å²) in [4.78, 5) is 16.4. The number of benzene rings is 2. The van der Waals surface area contributed by atoms with E-state index >= 15 is 0 Å². The topological polar surface area (TPSA) is 85.4 Å². The number of hydrogen-bond acceptors (Lipinski definition) is 6. The molecule has 0 saturated carbocycles. The van der Waals surface area contributed by atoms with Gasteiger partial charge in [-0.15, -0.1) is 0 Å². The highest BCUT2D eigenvalue weighted by Gasteiger charge is 2.12. The highest BCUT2D eigenvalue weighted by molar-refractivity contribution is 7.90. The second-order valence-corrected chi connectivity index (χ2v) is 8.12. The Labute approximate surface area is 143 Å². The molecule has 124 valence electrons. The van der Waals surface area contributed by atoms with Gasteiger partial charge in [-0.3, -0.25) is 10.1 Å². The van der Waals surface area contributed by atoms with E-state index in [2.05, 4.69) is 10.3 Å². The molecule has 0 saturated heterocycles. The largest absolute Gasteiger partial charge is 0.484 e. The highest BCUT2D eigenvalue weighted by atomic mass is 32.2. The Balaban J connectivity index is 1.70. The van der Waals surface area contributed by atoms with Crippen LogP contribution in [0.1, 0.15) is 0 Å². The van der Waals surface area contributed by atoms with Crippen molar-refractivity contribution in [1.82, 2.24) is 4.98 Å². The predicted octanol–water partition coefficient (Wildman–Crippen LogP) is 2.72. The minimum absolute atomic E-state index is 0.130. The molecule has 0 atom stereocenters. The molecule has 3 aromatic rings. The minimum Gasteiger partial charge on any atom is -0.484 e. The summed E-state index contributed by atoms with van der Waals surface area (Å²) in [6, 6.07) is 13.7. The van der Waals surface area contributed by atoms with Crippen LogP contribution < -0.4 is 10.1 Å². The molecule has 0 spiro atoms. The molecule has 1 N–H and O–H groups in total. The smallest absolute Gasteiger partial charge is 0.264 e. The lowest BCUT2D eigenvalue weighted by molar-refractivity contribution is -0.118. The van der Waals surface area contributed by atoms with Crippen molar-refractivity contribution in [2.24, 2.45) is 0 Å². The molecule has 0 aliphatic heterocycles. The molecule has 1 amide bonds. The van der Waals surface area contributed by atoms with E-state index in [0.717, 1.165) is 6.26 Å². The Morgan fingerprint density at radius 3 is 2.67 bits per heavy atom. The number of aromatic nitrogens is 1. The Morgan fingerprint density at radius 2 is 1.96 bits per heavy atom. The highest BCUT2D eigenvalue weighted by Crippen LogP contribution is 2.28. The number of carbonyl (C=O) groups is 1. The van der Waals surface area contributed by atoms with E-state index in [1.54, 1.807) is 24.3 Å². The predicted molar refractivity (Wildman–Crippen MR) is 93.3 cm³/mol. The first-order chi connectivity index (χ1) is 11.4. The van der Waals surface area contributed by atoms with Crippen LogP contribution >= 0.6 is 11.3 Å². The Morgan fingerprint density at radius 1 is 1.21 bits per heavy atom. The number of amides is 1. The van der Waals surface area contributed by atoms with Crippen molar-refractivity contribution in [2.75, 3.05) is 18.2 Å². The Kier molecular flexibility index (Phi) is 4.50. The Bertz CT molecular complexity index is 982. The number of fused-ring (bicyclic) bond motifs is 1. The van der Waals surface area contributed by atoms with E-state index in [1.165, 1.54) is 17.4 Å². The second kappa shape index (κ2) is 6.58. The van der Waals surface area contributed by atoms with Gasteiger partial charge in [0, 0.05) is 6.26 Å². The maximum absolute atomic E-state index is 11.9. The number of thiazole rings is 1. The van der Waals surface area contributed by atoms with Crippen molar-refractivity contribution in [1.29, 1.82) is 0 Å². The van der Waals surface area contributed by atoms with Gasteiger partial charge in [-0.2, -0.15) is 0 Å². The quantitative estimate of drug-likeness (QED) is 0.754. The van der Waals surface area contributed by atoms with Gasteiger partial charge < -0.3 is 4.74 Å². The van der Waals surface area contributed by atoms with Crippen molar-refractivity contribution in [3.05, 3.63) is 48.5 Å². The molecule has 8 heteroatoms. The third-order valence-corrected chi connectivity index (χ3v) is 5.19. The van der Waals surface area contributed by atoms with Crippen molar-refractivity contribution < 1.29 is 17.9 Å². The Hall–Kier alpha value is -2.45. The molecule has 2 aromatic carbocycles. The van der Waals surface area contributed by atoms with Crippen LogP contribution in [-0.2, 0) is 14.6 Å². The number of carbonyl (C=O) groups excluding carboxylic acids is 1. The van der Waals surface area contributed by atoms with Gasteiger partial charge in [0.15, 0.2) is 21.6 Å². The number of ether oxygens (including phenoxy) is 1. The number of sulfone groups is 1. The summed E-state index contributed by atoms with van der Waals surface area (Å²) in [7, 11) is -3.28. The van der Waals surface area contributed by atoms with Crippen LogP contribution in [0.15, 0.2) is 53.4 Å². The summed E-state index contributed by atoms with van der Waals surface area (Å²) in [5, 5.41) is 3.05. The van der Waals surface area contributed by atoms with Gasteiger partial charge in [0.1, 0.15) is 5.75 Å². The van der Waals surface area contributed by atoms with Gasteiger partial charge in [-0.25, -0.2) is 13.4 Å². The van der Waals surface area contributed by atoms with E-state index in [-0.39, 0.29) is 17.4 Å². The maximum Gasteiger partial charge on any atom is 0.264 e. The SMILES string of the molecule is CS(=O)(=O)c1ccc2nc(NC(=O)COc3ccccc3)sc2c1. The number of nitrogens with zero attached hydrogens (tertiary/aromatic N) is 1. The van der Waals surface area contributed by atoms with Crippen LogP contribution in [0.5, 0.6) is 5.75 Å². The lowest BCUT2D eigenvalue weighted by Gasteiger charge is -2.04.